The topological polar surface area (TPSA) is 9.86 Å². The molecule has 5 aromatic carbocycles. The molecule has 0 spiro atoms. The van der Waals surface area contributed by atoms with Crippen molar-refractivity contribution in [1.82, 2.24) is 9.13 Å². The van der Waals surface area contributed by atoms with Crippen LogP contribution in [-0.4, -0.2) is 9.13 Å². The third-order valence-corrected chi connectivity index (χ3v) is 8.95. The summed E-state index contributed by atoms with van der Waals surface area (Å²) < 4.78 is 7.41. The van der Waals surface area contributed by atoms with Crippen molar-refractivity contribution in [2.24, 2.45) is 0 Å². The Morgan fingerprint density at radius 1 is 0.641 bits per heavy atom. The molecule has 0 aliphatic heterocycles. The molecule has 0 unspecified atom stereocenters. The highest BCUT2D eigenvalue weighted by atomic mass is 32.1. The highest BCUT2D eigenvalue weighted by Crippen LogP contribution is 2.50. The first kappa shape index (κ1) is 22.2. The van der Waals surface area contributed by atoms with Crippen LogP contribution in [0.1, 0.15) is 0 Å². The van der Waals surface area contributed by atoms with Crippen LogP contribution < -0.4 is 0 Å². The molecule has 0 aliphatic carbocycles. The minimum atomic E-state index is 0.915. The largest absolute Gasteiger partial charge is 0.309 e. The number of hydrogen-bond donors (Lipinski definition) is 0. The van der Waals surface area contributed by atoms with Crippen molar-refractivity contribution in [3.8, 4) is 5.69 Å². The van der Waals surface area contributed by atoms with Gasteiger partial charge in [-0.05, 0) is 36.4 Å². The van der Waals surface area contributed by atoms with Gasteiger partial charge < -0.3 is 9.13 Å². The summed E-state index contributed by atoms with van der Waals surface area (Å²) in [5.41, 5.74) is 6.89. The number of hydrogen-bond acceptors (Lipinski definition) is 1. The Hall–Kier alpha value is -4.86. The van der Waals surface area contributed by atoms with Crippen LogP contribution >= 0.6 is 11.3 Å². The van der Waals surface area contributed by atoms with E-state index >= 15 is 0 Å². The Kier molecular flexibility index (Phi) is 4.73. The second-order valence-corrected chi connectivity index (χ2v) is 10.9. The van der Waals surface area contributed by atoms with Crippen LogP contribution in [0.5, 0.6) is 0 Å². The van der Waals surface area contributed by atoms with Gasteiger partial charge in [0, 0.05) is 48.4 Å². The molecule has 0 bridgehead atoms. The average molecular weight is 517 g/mol. The Balaban J connectivity index is 1.78. The van der Waals surface area contributed by atoms with E-state index in [0.29, 0.717) is 0 Å². The lowest BCUT2D eigenvalue weighted by Crippen LogP contribution is -1.95. The Bertz CT molecular complexity index is 2310. The van der Waals surface area contributed by atoms with E-state index in [1.165, 1.54) is 58.3 Å². The molecular weight excluding hydrogens is 492 g/mol. The molecule has 0 amide bonds. The van der Waals surface area contributed by atoms with Crippen molar-refractivity contribution in [2.45, 2.75) is 0 Å². The SMILES string of the molecule is C=C/C=C\C(=C)n1c2ccccc2c2c3c4ccccc4sc3c3c(c4ccccc4n3-c3ccccc3)c21. The molecular formula is C36H24N2S. The van der Waals surface area contributed by atoms with Crippen molar-refractivity contribution >= 4 is 80.8 Å². The molecule has 0 atom stereocenters. The first-order valence-corrected chi connectivity index (χ1v) is 13.9. The predicted molar refractivity (Wildman–Crippen MR) is 171 cm³/mol. The molecule has 39 heavy (non-hydrogen) atoms. The van der Waals surface area contributed by atoms with Crippen molar-refractivity contribution < 1.29 is 0 Å². The number of benzene rings is 5. The number of nitrogens with zero attached hydrogens (tertiary/aromatic N) is 2. The van der Waals surface area contributed by atoms with Gasteiger partial charge in [-0.25, -0.2) is 0 Å². The fourth-order valence-electron chi connectivity index (χ4n) is 6.28. The van der Waals surface area contributed by atoms with Gasteiger partial charge >= 0.3 is 0 Å². The quantitative estimate of drug-likeness (QED) is 0.206. The summed E-state index contributed by atoms with van der Waals surface area (Å²) in [6.07, 6.45) is 5.82. The monoisotopic (exact) mass is 516 g/mol. The van der Waals surface area contributed by atoms with Gasteiger partial charge in [-0.15, -0.1) is 11.3 Å². The third-order valence-electron chi connectivity index (χ3n) is 7.77. The molecule has 3 heterocycles. The maximum absolute atomic E-state index is 4.54. The maximum Gasteiger partial charge on any atom is 0.0741 e. The van der Waals surface area contributed by atoms with Gasteiger partial charge in [0.1, 0.15) is 0 Å². The molecule has 0 aliphatic rings. The lowest BCUT2D eigenvalue weighted by atomic mass is 10.0. The molecule has 2 nitrogen and oxygen atoms in total. The molecule has 0 radical (unpaired) electrons. The number of allylic oxidation sites excluding steroid dienone is 4. The Labute approximate surface area is 229 Å². The molecule has 184 valence electrons. The number of aromatic nitrogens is 2. The number of thiophene rings is 1. The molecule has 8 rings (SSSR count). The highest BCUT2D eigenvalue weighted by molar-refractivity contribution is 7.27. The van der Waals surface area contributed by atoms with Gasteiger partial charge in [0.2, 0.25) is 0 Å². The van der Waals surface area contributed by atoms with Crippen molar-refractivity contribution in [3.63, 3.8) is 0 Å². The zero-order valence-electron chi connectivity index (χ0n) is 21.3. The van der Waals surface area contributed by atoms with E-state index in [2.05, 4.69) is 131 Å². The summed E-state index contributed by atoms with van der Waals surface area (Å²) in [4.78, 5) is 0. The van der Waals surface area contributed by atoms with Gasteiger partial charge in [0.25, 0.3) is 0 Å². The van der Waals surface area contributed by atoms with Gasteiger partial charge in [0.15, 0.2) is 0 Å². The zero-order valence-corrected chi connectivity index (χ0v) is 22.1. The first-order chi connectivity index (χ1) is 19.3. The Morgan fingerprint density at radius 3 is 2.05 bits per heavy atom. The average Bonchev–Trinajstić information content (AvgIpc) is 3.64. The minimum absolute atomic E-state index is 0.915. The molecule has 8 aromatic rings. The summed E-state index contributed by atoms with van der Waals surface area (Å²) >= 11 is 1.89. The fraction of sp³-hybridized carbons (Fsp3) is 0. The van der Waals surface area contributed by atoms with Crippen molar-refractivity contribution in [3.05, 3.63) is 135 Å². The van der Waals surface area contributed by atoms with E-state index in [1.807, 2.05) is 17.4 Å². The predicted octanol–water partition coefficient (Wildman–Crippen LogP) is 10.5. The first-order valence-electron chi connectivity index (χ1n) is 13.1. The normalized spacial score (nSPS) is 12.2. The molecule has 0 fully saturated rings. The number of fused-ring (bicyclic) bond motifs is 12. The van der Waals surface area contributed by atoms with Crippen LogP contribution in [0.2, 0.25) is 0 Å². The standard InChI is InChI=1S/C36H24N2S/c1-3-4-14-23(2)37-28-20-11-8-17-25(28)31-32-27-19-10-13-22-30(27)39-36(32)35-33(34(31)37)26-18-9-12-21-29(26)38(35)24-15-6-5-7-16-24/h3-22H,1-2H2/b14-4-. The summed E-state index contributed by atoms with van der Waals surface area (Å²) in [5.74, 6) is 0. The van der Waals surface area contributed by atoms with Gasteiger partial charge in [-0.2, -0.15) is 0 Å². The van der Waals surface area contributed by atoms with E-state index in [9.17, 15) is 0 Å². The number of para-hydroxylation sites is 3. The fourth-order valence-corrected chi connectivity index (χ4v) is 7.53. The lowest BCUT2D eigenvalue weighted by Gasteiger charge is -2.11. The lowest BCUT2D eigenvalue weighted by molar-refractivity contribution is 1.19. The second kappa shape index (κ2) is 8.32. The third kappa shape index (κ3) is 2.96. The van der Waals surface area contributed by atoms with Gasteiger partial charge in [0.05, 0.1) is 26.8 Å². The number of rotatable bonds is 4. The minimum Gasteiger partial charge on any atom is -0.309 e. The smallest absolute Gasteiger partial charge is 0.0741 e. The van der Waals surface area contributed by atoms with Gasteiger partial charge in [-0.3, -0.25) is 0 Å². The van der Waals surface area contributed by atoms with Crippen LogP contribution in [0, 0.1) is 0 Å². The Morgan fingerprint density at radius 2 is 1.28 bits per heavy atom. The van der Waals surface area contributed by atoms with E-state index < -0.39 is 0 Å². The second-order valence-electron chi connectivity index (χ2n) is 9.88. The van der Waals surface area contributed by atoms with Crippen LogP contribution in [0.25, 0.3) is 75.2 Å². The van der Waals surface area contributed by atoms with E-state index in [-0.39, 0.29) is 0 Å². The molecule has 3 aromatic heterocycles. The molecule has 3 heteroatoms. The molecule has 0 N–H and O–H groups in total. The molecule has 0 saturated carbocycles. The van der Waals surface area contributed by atoms with Crippen molar-refractivity contribution in [2.75, 3.05) is 0 Å². The molecule has 0 saturated heterocycles. The van der Waals surface area contributed by atoms with Crippen LogP contribution in [-0.2, 0) is 0 Å². The summed E-state index contributed by atoms with van der Waals surface area (Å²) in [7, 11) is 0. The van der Waals surface area contributed by atoms with Gasteiger partial charge in [-0.1, -0.05) is 98.1 Å². The summed E-state index contributed by atoms with van der Waals surface area (Å²) in [6.45, 7) is 8.44. The van der Waals surface area contributed by atoms with E-state index in [0.717, 1.165) is 16.9 Å². The summed E-state index contributed by atoms with van der Waals surface area (Å²) in [6, 6.07) is 37.1. The summed E-state index contributed by atoms with van der Waals surface area (Å²) in [5, 5.41) is 7.64. The van der Waals surface area contributed by atoms with Crippen LogP contribution in [0.15, 0.2) is 135 Å². The highest BCUT2D eigenvalue weighted by Gasteiger charge is 2.26. The zero-order chi connectivity index (χ0) is 26.1. The van der Waals surface area contributed by atoms with E-state index in [1.54, 1.807) is 6.08 Å². The van der Waals surface area contributed by atoms with Crippen molar-refractivity contribution in [1.29, 1.82) is 0 Å². The van der Waals surface area contributed by atoms with Crippen LogP contribution in [0.3, 0.4) is 0 Å². The van der Waals surface area contributed by atoms with Crippen LogP contribution in [0.4, 0.5) is 0 Å². The maximum atomic E-state index is 4.54. The van der Waals surface area contributed by atoms with E-state index in [4.69, 9.17) is 0 Å².